The Hall–Kier alpha value is -1.40. The molecule has 0 spiro atoms. The van der Waals surface area contributed by atoms with Crippen LogP contribution in [0, 0.1) is 5.82 Å². The van der Waals surface area contributed by atoms with Crippen LogP contribution >= 0.6 is 11.8 Å². The molecule has 0 amide bonds. The fourth-order valence-electron chi connectivity index (χ4n) is 2.84. The number of halogens is 1. The van der Waals surface area contributed by atoms with Gasteiger partial charge in [0.1, 0.15) is 24.2 Å². The van der Waals surface area contributed by atoms with Gasteiger partial charge >= 0.3 is 0 Å². The van der Waals surface area contributed by atoms with Gasteiger partial charge in [-0.3, -0.25) is 4.90 Å². The molecule has 3 rings (SSSR count). The van der Waals surface area contributed by atoms with E-state index in [2.05, 4.69) is 28.8 Å². The highest BCUT2D eigenvalue weighted by molar-refractivity contribution is 8.00. The first kappa shape index (κ1) is 14.5. The molecule has 6 heteroatoms. The molecule has 2 unspecified atom stereocenters. The summed E-state index contributed by atoms with van der Waals surface area (Å²) >= 11 is 2.03. The van der Waals surface area contributed by atoms with Crippen molar-refractivity contribution >= 4 is 11.8 Å². The molecule has 0 bridgehead atoms. The Morgan fingerprint density at radius 2 is 2.05 bits per heavy atom. The first-order chi connectivity index (χ1) is 10.1. The zero-order valence-electron chi connectivity index (χ0n) is 12.2. The number of rotatable bonds is 3. The Kier molecular flexibility index (Phi) is 4.26. The summed E-state index contributed by atoms with van der Waals surface area (Å²) in [6, 6.07) is 5.34. The Morgan fingerprint density at radius 1 is 1.29 bits per heavy atom. The van der Waals surface area contributed by atoms with Crippen LogP contribution in [0.1, 0.15) is 19.4 Å². The van der Waals surface area contributed by atoms with Gasteiger partial charge in [0.05, 0.1) is 0 Å². The van der Waals surface area contributed by atoms with Crippen LogP contribution in [0.5, 0.6) is 0 Å². The number of aromatic nitrogens is 3. The van der Waals surface area contributed by atoms with Gasteiger partial charge < -0.3 is 0 Å². The van der Waals surface area contributed by atoms with Crippen LogP contribution < -0.4 is 0 Å². The average molecular weight is 306 g/mol. The summed E-state index contributed by atoms with van der Waals surface area (Å²) in [5, 5.41) is 5.23. The molecular formula is C15H19FN4S. The smallest absolute Gasteiger partial charge is 0.149 e. The quantitative estimate of drug-likeness (QED) is 0.873. The van der Waals surface area contributed by atoms with Crippen LogP contribution in [0.25, 0.3) is 5.69 Å². The minimum atomic E-state index is -0.259. The Labute approximate surface area is 128 Å². The summed E-state index contributed by atoms with van der Waals surface area (Å²) in [4.78, 5) is 6.25. The van der Waals surface area contributed by atoms with Crippen molar-refractivity contribution in [3.8, 4) is 5.69 Å². The van der Waals surface area contributed by atoms with Gasteiger partial charge in [-0.15, -0.1) is 0 Å². The summed E-state index contributed by atoms with van der Waals surface area (Å²) in [7, 11) is 0. The van der Waals surface area contributed by atoms with E-state index < -0.39 is 0 Å². The molecule has 1 aromatic carbocycles. The van der Waals surface area contributed by atoms with Crippen molar-refractivity contribution in [1.82, 2.24) is 19.7 Å². The molecule has 0 aliphatic carbocycles. The molecule has 4 nitrogen and oxygen atoms in total. The molecule has 1 fully saturated rings. The van der Waals surface area contributed by atoms with Gasteiger partial charge in [-0.2, -0.15) is 16.9 Å². The first-order valence-electron chi connectivity index (χ1n) is 7.13. The maximum absolute atomic E-state index is 14.2. The van der Waals surface area contributed by atoms with Crippen LogP contribution in [-0.2, 0) is 6.54 Å². The van der Waals surface area contributed by atoms with E-state index in [0.29, 0.717) is 16.2 Å². The summed E-state index contributed by atoms with van der Waals surface area (Å²) in [6.45, 7) is 7.41. The second-order valence-electron chi connectivity index (χ2n) is 5.58. The van der Waals surface area contributed by atoms with Gasteiger partial charge in [0.2, 0.25) is 0 Å². The van der Waals surface area contributed by atoms with Crippen LogP contribution in [-0.4, -0.2) is 43.3 Å². The van der Waals surface area contributed by atoms with E-state index in [4.69, 9.17) is 0 Å². The highest BCUT2D eigenvalue weighted by Crippen LogP contribution is 2.26. The maximum atomic E-state index is 14.2. The molecule has 2 heterocycles. The number of hydrogen-bond acceptors (Lipinski definition) is 4. The standard InChI is InChI=1S/C15H19FN4S/c1-11-6-19(7-12(2)21-11)8-13-3-4-15(14(16)5-13)20-10-17-9-18-20/h3-5,9-12H,6-8H2,1-2H3. The van der Waals surface area contributed by atoms with Crippen molar-refractivity contribution in [3.63, 3.8) is 0 Å². The SMILES string of the molecule is CC1CN(Cc2ccc(-n3cncn3)c(F)c2)CC(C)S1. The zero-order chi connectivity index (χ0) is 14.8. The molecule has 1 aliphatic rings. The van der Waals surface area contributed by atoms with E-state index in [0.717, 1.165) is 25.2 Å². The normalized spacial score (nSPS) is 23.4. The van der Waals surface area contributed by atoms with Crippen molar-refractivity contribution in [1.29, 1.82) is 0 Å². The van der Waals surface area contributed by atoms with Gasteiger partial charge in [0, 0.05) is 30.1 Å². The highest BCUT2D eigenvalue weighted by atomic mass is 32.2. The summed E-state index contributed by atoms with van der Waals surface area (Å²) in [5.41, 5.74) is 1.44. The van der Waals surface area contributed by atoms with E-state index in [1.807, 2.05) is 17.8 Å². The van der Waals surface area contributed by atoms with E-state index in [1.54, 1.807) is 12.1 Å². The topological polar surface area (TPSA) is 34.0 Å². The first-order valence-corrected chi connectivity index (χ1v) is 8.07. The number of benzene rings is 1. The average Bonchev–Trinajstić information content (AvgIpc) is 2.91. The lowest BCUT2D eigenvalue weighted by molar-refractivity contribution is 0.262. The Bertz CT molecular complexity index is 592. The third-order valence-corrected chi connectivity index (χ3v) is 4.81. The molecule has 0 N–H and O–H groups in total. The summed E-state index contributed by atoms with van der Waals surface area (Å²) in [6.07, 6.45) is 2.91. The number of nitrogens with zero attached hydrogens (tertiary/aromatic N) is 4. The third-order valence-electron chi connectivity index (χ3n) is 3.58. The third kappa shape index (κ3) is 3.44. The van der Waals surface area contributed by atoms with Crippen molar-refractivity contribution in [2.45, 2.75) is 30.9 Å². The zero-order valence-corrected chi connectivity index (χ0v) is 13.1. The predicted octanol–water partition coefficient (Wildman–Crippen LogP) is 2.73. The number of hydrogen-bond donors (Lipinski definition) is 0. The summed E-state index contributed by atoms with van der Waals surface area (Å²) in [5.74, 6) is -0.259. The molecule has 1 aromatic heterocycles. The lowest BCUT2D eigenvalue weighted by Crippen LogP contribution is -2.39. The Balaban J connectivity index is 1.73. The van der Waals surface area contributed by atoms with E-state index in [1.165, 1.54) is 17.3 Å². The van der Waals surface area contributed by atoms with Crippen molar-refractivity contribution in [2.24, 2.45) is 0 Å². The fourth-order valence-corrected chi connectivity index (χ4v) is 4.23. The van der Waals surface area contributed by atoms with E-state index in [9.17, 15) is 4.39 Å². The lowest BCUT2D eigenvalue weighted by atomic mass is 10.1. The maximum Gasteiger partial charge on any atom is 0.149 e. The van der Waals surface area contributed by atoms with Gasteiger partial charge in [0.15, 0.2) is 0 Å². The minimum Gasteiger partial charge on any atom is -0.297 e. The molecule has 21 heavy (non-hydrogen) atoms. The van der Waals surface area contributed by atoms with E-state index in [-0.39, 0.29) is 5.82 Å². The molecule has 2 atom stereocenters. The Morgan fingerprint density at radius 3 is 2.67 bits per heavy atom. The van der Waals surface area contributed by atoms with Gasteiger partial charge in [0.25, 0.3) is 0 Å². The van der Waals surface area contributed by atoms with Crippen LogP contribution in [0.3, 0.4) is 0 Å². The van der Waals surface area contributed by atoms with Crippen LogP contribution in [0.15, 0.2) is 30.9 Å². The van der Waals surface area contributed by atoms with Gasteiger partial charge in [-0.1, -0.05) is 19.9 Å². The highest BCUT2D eigenvalue weighted by Gasteiger charge is 2.22. The fraction of sp³-hybridized carbons (Fsp3) is 0.467. The predicted molar refractivity (Wildman–Crippen MR) is 83.1 cm³/mol. The van der Waals surface area contributed by atoms with Crippen molar-refractivity contribution < 1.29 is 4.39 Å². The molecule has 1 saturated heterocycles. The lowest BCUT2D eigenvalue weighted by Gasteiger charge is -2.34. The number of thioether (sulfide) groups is 1. The summed E-state index contributed by atoms with van der Waals surface area (Å²) < 4.78 is 15.7. The molecular weight excluding hydrogens is 287 g/mol. The second-order valence-corrected chi connectivity index (χ2v) is 7.46. The molecule has 1 aliphatic heterocycles. The van der Waals surface area contributed by atoms with Crippen LogP contribution in [0.4, 0.5) is 4.39 Å². The minimum absolute atomic E-state index is 0.259. The van der Waals surface area contributed by atoms with Crippen molar-refractivity contribution in [3.05, 3.63) is 42.2 Å². The molecule has 0 saturated carbocycles. The van der Waals surface area contributed by atoms with Crippen LogP contribution in [0.2, 0.25) is 0 Å². The molecule has 0 radical (unpaired) electrons. The second kappa shape index (κ2) is 6.15. The van der Waals surface area contributed by atoms with Gasteiger partial charge in [-0.25, -0.2) is 14.1 Å². The molecule has 2 aromatic rings. The van der Waals surface area contributed by atoms with Crippen molar-refractivity contribution in [2.75, 3.05) is 13.1 Å². The molecule has 112 valence electrons. The van der Waals surface area contributed by atoms with Gasteiger partial charge in [-0.05, 0) is 17.7 Å². The van der Waals surface area contributed by atoms with E-state index >= 15 is 0 Å². The monoisotopic (exact) mass is 306 g/mol. The largest absolute Gasteiger partial charge is 0.297 e.